The summed E-state index contributed by atoms with van der Waals surface area (Å²) in [5, 5.41) is 22.2. The van der Waals surface area contributed by atoms with Gasteiger partial charge in [-0.1, -0.05) is 23.7 Å². The lowest BCUT2D eigenvalue weighted by molar-refractivity contribution is -0.132. The minimum atomic E-state index is -1.00. The third kappa shape index (κ3) is 4.94. The summed E-state index contributed by atoms with van der Waals surface area (Å²) in [6.45, 7) is 9.51. The molecular weight excluding hydrogens is 506 g/mol. The molecule has 8 heteroatoms. The van der Waals surface area contributed by atoms with Gasteiger partial charge in [0.15, 0.2) is 11.5 Å². The van der Waals surface area contributed by atoms with Crippen LogP contribution in [0.4, 0.5) is 5.69 Å². The minimum Gasteiger partial charge on any atom is -0.507 e. The largest absolute Gasteiger partial charge is 0.507 e. The number of ketones is 1. The first kappa shape index (κ1) is 27.1. The van der Waals surface area contributed by atoms with Gasteiger partial charge < -0.3 is 19.7 Å². The molecule has 0 saturated carbocycles. The molecule has 1 heterocycles. The van der Waals surface area contributed by atoms with E-state index >= 15 is 0 Å². The van der Waals surface area contributed by atoms with E-state index in [0.29, 0.717) is 39.8 Å². The van der Waals surface area contributed by atoms with Crippen molar-refractivity contribution in [2.24, 2.45) is 0 Å². The normalized spacial score (nSPS) is 16.8. The fourth-order valence-electron chi connectivity index (χ4n) is 4.56. The fourth-order valence-corrected chi connectivity index (χ4v) is 4.73. The van der Waals surface area contributed by atoms with Gasteiger partial charge in [-0.15, -0.1) is 0 Å². The third-order valence-electron chi connectivity index (χ3n) is 6.35. The molecule has 0 radical (unpaired) electrons. The van der Waals surface area contributed by atoms with Gasteiger partial charge in [-0.2, -0.15) is 0 Å². The number of nitrogens with zero attached hydrogens (tertiary/aromatic N) is 1. The Labute approximate surface area is 226 Å². The lowest BCUT2D eigenvalue weighted by Crippen LogP contribution is -2.30. The molecule has 1 saturated heterocycles. The van der Waals surface area contributed by atoms with E-state index < -0.39 is 17.7 Å². The van der Waals surface area contributed by atoms with Crippen LogP contribution < -0.4 is 14.4 Å². The number of aliphatic hydroxyl groups is 1. The first-order valence-corrected chi connectivity index (χ1v) is 12.7. The number of ether oxygens (including phenoxy) is 2. The standard InChI is InChI=1S/C30H30ClNO6/c1-6-37-25-15-19(10-12-23(25)33)27-26(28(34)20-11-13-24(17(4)14-20)38-16(2)3)29(35)30(36)32(27)22-9-7-8-21(31)18(22)5/h7-16,27,33-34H,6H2,1-5H3/b28-26+. The summed E-state index contributed by atoms with van der Waals surface area (Å²) in [5.74, 6) is -1.18. The van der Waals surface area contributed by atoms with Crippen LogP contribution in [0.15, 0.2) is 60.2 Å². The number of halogens is 1. The molecule has 38 heavy (non-hydrogen) atoms. The van der Waals surface area contributed by atoms with Gasteiger partial charge in [-0.3, -0.25) is 14.5 Å². The molecule has 198 valence electrons. The number of aromatic hydroxyl groups is 1. The van der Waals surface area contributed by atoms with Crippen LogP contribution in [-0.4, -0.2) is 34.6 Å². The zero-order chi connectivity index (χ0) is 27.7. The number of anilines is 1. The van der Waals surface area contributed by atoms with Crippen molar-refractivity contribution < 1.29 is 29.3 Å². The Morgan fingerprint density at radius 3 is 2.45 bits per heavy atom. The number of aryl methyl sites for hydroxylation is 1. The van der Waals surface area contributed by atoms with Crippen molar-refractivity contribution in [3.63, 3.8) is 0 Å². The van der Waals surface area contributed by atoms with Crippen molar-refractivity contribution in [3.05, 3.63) is 87.4 Å². The highest BCUT2D eigenvalue weighted by Gasteiger charge is 2.47. The summed E-state index contributed by atoms with van der Waals surface area (Å²) in [4.78, 5) is 28.4. The van der Waals surface area contributed by atoms with Crippen molar-refractivity contribution in [1.29, 1.82) is 0 Å². The molecule has 7 nitrogen and oxygen atoms in total. The molecule has 0 aromatic heterocycles. The summed E-state index contributed by atoms with van der Waals surface area (Å²) in [6, 6.07) is 13.8. The van der Waals surface area contributed by atoms with Gasteiger partial charge in [-0.05, 0) is 93.8 Å². The van der Waals surface area contributed by atoms with Crippen LogP contribution in [0.2, 0.25) is 5.02 Å². The summed E-state index contributed by atoms with van der Waals surface area (Å²) in [5.41, 5.74) is 2.57. The highest BCUT2D eigenvalue weighted by molar-refractivity contribution is 6.52. The molecule has 1 aliphatic heterocycles. The summed E-state index contributed by atoms with van der Waals surface area (Å²) in [6.07, 6.45) is -0.0339. The smallest absolute Gasteiger partial charge is 0.300 e. The molecule has 2 N–H and O–H groups in total. The summed E-state index contributed by atoms with van der Waals surface area (Å²) in [7, 11) is 0. The van der Waals surface area contributed by atoms with Crippen molar-refractivity contribution in [1.82, 2.24) is 0 Å². The lowest BCUT2D eigenvalue weighted by Gasteiger charge is -2.27. The maximum absolute atomic E-state index is 13.5. The van der Waals surface area contributed by atoms with Gasteiger partial charge in [0.05, 0.1) is 24.3 Å². The van der Waals surface area contributed by atoms with Crippen molar-refractivity contribution in [2.45, 2.75) is 46.8 Å². The lowest BCUT2D eigenvalue weighted by atomic mass is 9.94. The van der Waals surface area contributed by atoms with Crippen LogP contribution >= 0.6 is 11.6 Å². The molecule has 1 unspecified atom stereocenters. The van der Waals surface area contributed by atoms with Gasteiger partial charge in [0.1, 0.15) is 11.5 Å². The summed E-state index contributed by atoms with van der Waals surface area (Å²) >= 11 is 6.37. The van der Waals surface area contributed by atoms with Crippen LogP contribution in [0.5, 0.6) is 17.2 Å². The first-order chi connectivity index (χ1) is 18.0. The van der Waals surface area contributed by atoms with Gasteiger partial charge in [0, 0.05) is 16.3 Å². The average Bonchev–Trinajstić information content (AvgIpc) is 3.13. The molecule has 0 aliphatic carbocycles. The highest BCUT2D eigenvalue weighted by atomic mass is 35.5. The number of benzene rings is 3. The monoisotopic (exact) mass is 535 g/mol. The van der Waals surface area contributed by atoms with E-state index in [2.05, 4.69) is 0 Å². The minimum absolute atomic E-state index is 0.0339. The van der Waals surface area contributed by atoms with Crippen LogP contribution in [0.1, 0.15) is 49.1 Å². The van der Waals surface area contributed by atoms with E-state index in [9.17, 15) is 19.8 Å². The second-order valence-electron chi connectivity index (χ2n) is 9.36. The van der Waals surface area contributed by atoms with Gasteiger partial charge in [-0.25, -0.2) is 0 Å². The molecule has 0 spiro atoms. The van der Waals surface area contributed by atoms with Crippen molar-refractivity contribution >= 4 is 34.7 Å². The molecule has 1 amide bonds. The average molecular weight is 536 g/mol. The maximum Gasteiger partial charge on any atom is 0.300 e. The quantitative estimate of drug-likeness (QED) is 0.204. The number of Topliss-reactive ketones (excluding diaryl/α,β-unsaturated/α-hetero) is 1. The van der Waals surface area contributed by atoms with E-state index in [1.165, 1.54) is 11.0 Å². The Kier molecular flexibility index (Phi) is 7.69. The SMILES string of the molecule is CCOc1cc(C2/C(=C(\O)c3ccc(OC(C)C)c(C)c3)C(=O)C(=O)N2c2cccc(Cl)c2C)ccc1O. The van der Waals surface area contributed by atoms with Crippen LogP contribution in [-0.2, 0) is 9.59 Å². The van der Waals surface area contributed by atoms with Crippen LogP contribution in [0.3, 0.4) is 0 Å². The molecule has 0 bridgehead atoms. The molecule has 3 aromatic carbocycles. The topological polar surface area (TPSA) is 96.3 Å². The molecule has 1 fully saturated rings. The zero-order valence-electron chi connectivity index (χ0n) is 21.9. The van der Waals surface area contributed by atoms with Crippen molar-refractivity contribution in [3.8, 4) is 17.2 Å². The van der Waals surface area contributed by atoms with E-state index in [4.69, 9.17) is 21.1 Å². The number of hydrogen-bond donors (Lipinski definition) is 2. The third-order valence-corrected chi connectivity index (χ3v) is 6.76. The molecule has 3 aromatic rings. The van der Waals surface area contributed by atoms with Crippen LogP contribution in [0.25, 0.3) is 5.76 Å². The fraction of sp³-hybridized carbons (Fsp3) is 0.267. The maximum atomic E-state index is 13.5. The number of aliphatic hydroxyl groups excluding tert-OH is 1. The molecule has 4 rings (SSSR count). The van der Waals surface area contributed by atoms with E-state index in [-0.39, 0.29) is 28.9 Å². The number of carbonyl (C=O) groups excluding carboxylic acids is 2. The van der Waals surface area contributed by atoms with E-state index in [1.807, 2.05) is 20.8 Å². The number of carbonyl (C=O) groups is 2. The molecule has 1 aliphatic rings. The second-order valence-corrected chi connectivity index (χ2v) is 9.77. The van der Waals surface area contributed by atoms with Crippen LogP contribution in [0, 0.1) is 13.8 Å². The Balaban J connectivity index is 1.95. The Hall–Kier alpha value is -3.97. The highest BCUT2D eigenvalue weighted by Crippen LogP contribution is 2.45. The Morgan fingerprint density at radius 2 is 1.79 bits per heavy atom. The number of hydrogen-bond acceptors (Lipinski definition) is 6. The molecule has 1 atom stereocenters. The Bertz CT molecular complexity index is 1440. The number of phenolic OH excluding ortho intramolecular Hbond substituents is 1. The van der Waals surface area contributed by atoms with Gasteiger partial charge >= 0.3 is 0 Å². The second kappa shape index (κ2) is 10.8. The van der Waals surface area contributed by atoms with Gasteiger partial charge in [0.2, 0.25) is 0 Å². The molecular formula is C30H30ClNO6. The Morgan fingerprint density at radius 1 is 1.05 bits per heavy atom. The number of phenols is 1. The predicted octanol–water partition coefficient (Wildman–Crippen LogP) is 6.47. The van der Waals surface area contributed by atoms with Gasteiger partial charge in [0.25, 0.3) is 11.7 Å². The van der Waals surface area contributed by atoms with Crippen molar-refractivity contribution in [2.75, 3.05) is 11.5 Å². The number of amides is 1. The summed E-state index contributed by atoms with van der Waals surface area (Å²) < 4.78 is 11.4. The zero-order valence-corrected chi connectivity index (χ0v) is 22.7. The van der Waals surface area contributed by atoms with E-state index in [0.717, 1.165) is 5.56 Å². The number of rotatable bonds is 7. The first-order valence-electron chi connectivity index (χ1n) is 12.3. The van der Waals surface area contributed by atoms with E-state index in [1.54, 1.807) is 62.4 Å². The predicted molar refractivity (Wildman–Crippen MR) is 147 cm³/mol.